The maximum absolute atomic E-state index is 12.9. The molecule has 0 atom stereocenters. The minimum Gasteiger partial charge on any atom is -0.493 e. The van der Waals surface area contributed by atoms with E-state index in [0.717, 1.165) is 10.8 Å². The minimum atomic E-state index is -0.547. The average Bonchev–Trinajstić information content (AvgIpc) is 2.88. The molecule has 6 nitrogen and oxygen atoms in total. The lowest BCUT2D eigenvalue weighted by molar-refractivity contribution is -0.112. The summed E-state index contributed by atoms with van der Waals surface area (Å²) in [6.07, 6.45) is 1.43. The van der Waals surface area contributed by atoms with Crippen LogP contribution < -0.4 is 14.8 Å². The first-order chi connectivity index (χ1) is 16.6. The van der Waals surface area contributed by atoms with Crippen molar-refractivity contribution in [2.24, 2.45) is 0 Å². The molecule has 0 aliphatic heterocycles. The Balaban J connectivity index is 1.60. The third-order valence-electron chi connectivity index (χ3n) is 5.11. The van der Waals surface area contributed by atoms with E-state index in [2.05, 4.69) is 5.32 Å². The van der Waals surface area contributed by atoms with Crippen LogP contribution in [0.5, 0.6) is 11.5 Å². The van der Waals surface area contributed by atoms with Crippen LogP contribution in [0.2, 0.25) is 0 Å². The molecule has 0 aliphatic rings. The number of methoxy groups -OCH3 is 1. The number of hydrogen-bond acceptors (Lipinski definition) is 5. The van der Waals surface area contributed by atoms with E-state index in [4.69, 9.17) is 9.47 Å². The number of benzene rings is 4. The summed E-state index contributed by atoms with van der Waals surface area (Å²) in [5, 5.41) is 14.3. The van der Waals surface area contributed by atoms with Crippen molar-refractivity contribution >= 4 is 34.4 Å². The van der Waals surface area contributed by atoms with E-state index in [0.29, 0.717) is 22.6 Å². The standard InChI is InChI=1S/C28H20N2O4/c1-33-25-15-14-19(17-26(25)34-28(32)21-9-3-2-4-10-21)16-22(18-29)27(31)30-24-13-7-11-20-8-5-6-12-23(20)24/h2-17H,1H3,(H,30,31)/b22-16+. The fourth-order valence-corrected chi connectivity index (χ4v) is 3.44. The molecule has 0 spiro atoms. The lowest BCUT2D eigenvalue weighted by Gasteiger charge is -2.11. The van der Waals surface area contributed by atoms with Gasteiger partial charge in [-0.05, 0) is 47.4 Å². The monoisotopic (exact) mass is 448 g/mol. The molecule has 0 aromatic heterocycles. The zero-order chi connectivity index (χ0) is 23.9. The number of esters is 1. The molecule has 4 aromatic carbocycles. The summed E-state index contributed by atoms with van der Waals surface area (Å²) in [6.45, 7) is 0. The highest BCUT2D eigenvalue weighted by Gasteiger charge is 2.15. The van der Waals surface area contributed by atoms with E-state index in [1.807, 2.05) is 42.5 Å². The second-order valence-electron chi connectivity index (χ2n) is 7.32. The van der Waals surface area contributed by atoms with Gasteiger partial charge in [-0.3, -0.25) is 4.79 Å². The molecule has 6 heteroatoms. The number of nitrogens with one attached hydrogen (secondary N) is 1. The molecule has 34 heavy (non-hydrogen) atoms. The summed E-state index contributed by atoms with van der Waals surface area (Å²) >= 11 is 0. The van der Waals surface area contributed by atoms with Gasteiger partial charge in [0.1, 0.15) is 11.6 Å². The van der Waals surface area contributed by atoms with Crippen molar-refractivity contribution in [2.45, 2.75) is 0 Å². The molecular weight excluding hydrogens is 428 g/mol. The Morgan fingerprint density at radius 2 is 1.62 bits per heavy atom. The number of nitriles is 1. The molecule has 0 saturated carbocycles. The van der Waals surface area contributed by atoms with Gasteiger partial charge in [0.15, 0.2) is 11.5 Å². The van der Waals surface area contributed by atoms with Gasteiger partial charge in [-0.15, -0.1) is 0 Å². The van der Waals surface area contributed by atoms with Crippen LogP contribution in [0.25, 0.3) is 16.8 Å². The number of amides is 1. The summed E-state index contributed by atoms with van der Waals surface area (Å²) in [5.41, 5.74) is 1.40. The van der Waals surface area contributed by atoms with Gasteiger partial charge in [0.2, 0.25) is 0 Å². The number of anilines is 1. The maximum atomic E-state index is 12.9. The molecule has 1 amide bonds. The zero-order valence-corrected chi connectivity index (χ0v) is 18.3. The molecule has 0 heterocycles. The largest absolute Gasteiger partial charge is 0.493 e. The van der Waals surface area contributed by atoms with Gasteiger partial charge in [0.25, 0.3) is 5.91 Å². The summed E-state index contributed by atoms with van der Waals surface area (Å²) in [7, 11) is 1.46. The van der Waals surface area contributed by atoms with Crippen molar-refractivity contribution in [1.82, 2.24) is 0 Å². The summed E-state index contributed by atoms with van der Waals surface area (Å²) in [6, 6.07) is 28.5. The zero-order valence-electron chi connectivity index (χ0n) is 18.3. The summed E-state index contributed by atoms with van der Waals surface area (Å²) in [4.78, 5) is 25.3. The summed E-state index contributed by atoms with van der Waals surface area (Å²) < 4.78 is 10.8. The van der Waals surface area contributed by atoms with Crippen LogP contribution in [0.1, 0.15) is 15.9 Å². The molecule has 0 radical (unpaired) electrons. The van der Waals surface area contributed by atoms with E-state index in [1.54, 1.807) is 54.6 Å². The van der Waals surface area contributed by atoms with E-state index in [1.165, 1.54) is 13.2 Å². The van der Waals surface area contributed by atoms with Gasteiger partial charge < -0.3 is 14.8 Å². The third-order valence-corrected chi connectivity index (χ3v) is 5.11. The van der Waals surface area contributed by atoms with Crippen LogP contribution in [0.15, 0.2) is 96.6 Å². The van der Waals surface area contributed by atoms with Crippen LogP contribution >= 0.6 is 0 Å². The Hall–Kier alpha value is -4.89. The van der Waals surface area contributed by atoms with Gasteiger partial charge in [0.05, 0.1) is 12.7 Å². The number of nitrogens with zero attached hydrogens (tertiary/aromatic N) is 1. The number of ether oxygens (including phenoxy) is 2. The SMILES string of the molecule is COc1ccc(/C=C(\C#N)C(=O)Nc2cccc3ccccc23)cc1OC(=O)c1ccccc1. The van der Waals surface area contributed by atoms with E-state index >= 15 is 0 Å². The molecular formula is C28H20N2O4. The number of hydrogen-bond donors (Lipinski definition) is 1. The highest BCUT2D eigenvalue weighted by Crippen LogP contribution is 2.30. The number of fused-ring (bicyclic) bond motifs is 1. The van der Waals surface area contributed by atoms with Crippen molar-refractivity contribution in [3.05, 3.63) is 108 Å². The first-order valence-corrected chi connectivity index (χ1v) is 10.4. The Morgan fingerprint density at radius 1 is 0.882 bits per heavy atom. The third kappa shape index (κ3) is 4.95. The van der Waals surface area contributed by atoms with Crippen LogP contribution in [0, 0.1) is 11.3 Å². The summed E-state index contributed by atoms with van der Waals surface area (Å²) in [5.74, 6) is -0.566. The van der Waals surface area contributed by atoms with E-state index in [-0.39, 0.29) is 11.3 Å². The first kappa shape index (κ1) is 22.3. The number of rotatable bonds is 6. The van der Waals surface area contributed by atoms with Crippen LogP contribution in [-0.2, 0) is 4.79 Å². The normalized spacial score (nSPS) is 10.9. The Labute approximate surface area is 196 Å². The second-order valence-corrected chi connectivity index (χ2v) is 7.32. The number of carbonyl (C=O) groups excluding carboxylic acids is 2. The van der Waals surface area contributed by atoms with E-state index < -0.39 is 11.9 Å². The second kappa shape index (κ2) is 10.2. The first-order valence-electron chi connectivity index (χ1n) is 10.4. The molecule has 0 unspecified atom stereocenters. The van der Waals surface area contributed by atoms with E-state index in [9.17, 15) is 14.9 Å². The highest BCUT2D eigenvalue weighted by atomic mass is 16.6. The molecule has 4 aromatic rings. The Bertz CT molecular complexity index is 1430. The Kier molecular flexibility index (Phi) is 6.66. The van der Waals surface area contributed by atoms with Crippen LogP contribution in [0.4, 0.5) is 5.69 Å². The molecule has 0 bridgehead atoms. The predicted molar refractivity (Wildman–Crippen MR) is 131 cm³/mol. The quantitative estimate of drug-likeness (QED) is 0.179. The minimum absolute atomic E-state index is 0.0987. The molecule has 4 rings (SSSR count). The Morgan fingerprint density at radius 3 is 2.38 bits per heavy atom. The van der Waals surface area contributed by atoms with Gasteiger partial charge in [-0.25, -0.2) is 4.79 Å². The highest BCUT2D eigenvalue weighted by molar-refractivity contribution is 6.13. The molecule has 166 valence electrons. The van der Waals surface area contributed by atoms with Crippen LogP contribution in [-0.4, -0.2) is 19.0 Å². The van der Waals surface area contributed by atoms with Crippen molar-refractivity contribution in [3.63, 3.8) is 0 Å². The van der Waals surface area contributed by atoms with Crippen LogP contribution in [0.3, 0.4) is 0 Å². The molecule has 1 N–H and O–H groups in total. The maximum Gasteiger partial charge on any atom is 0.343 e. The fraction of sp³-hybridized carbons (Fsp3) is 0.0357. The topological polar surface area (TPSA) is 88.4 Å². The molecule has 0 fully saturated rings. The fourth-order valence-electron chi connectivity index (χ4n) is 3.44. The number of carbonyl (C=O) groups is 2. The van der Waals surface area contributed by atoms with Gasteiger partial charge >= 0.3 is 5.97 Å². The van der Waals surface area contributed by atoms with Gasteiger partial charge in [0, 0.05) is 11.1 Å². The lowest BCUT2D eigenvalue weighted by Crippen LogP contribution is -2.13. The van der Waals surface area contributed by atoms with Crippen molar-refractivity contribution in [1.29, 1.82) is 5.26 Å². The molecule has 0 aliphatic carbocycles. The van der Waals surface area contributed by atoms with Crippen molar-refractivity contribution in [2.75, 3.05) is 12.4 Å². The van der Waals surface area contributed by atoms with Gasteiger partial charge in [-0.2, -0.15) is 5.26 Å². The predicted octanol–water partition coefficient (Wildman–Crippen LogP) is 5.61. The molecule has 0 saturated heterocycles. The smallest absolute Gasteiger partial charge is 0.343 e. The van der Waals surface area contributed by atoms with Crippen molar-refractivity contribution < 1.29 is 19.1 Å². The van der Waals surface area contributed by atoms with Crippen molar-refractivity contribution in [3.8, 4) is 17.6 Å². The lowest BCUT2D eigenvalue weighted by atomic mass is 10.1. The van der Waals surface area contributed by atoms with Gasteiger partial charge in [-0.1, -0.05) is 60.7 Å². The average molecular weight is 448 g/mol.